The van der Waals surface area contributed by atoms with Crippen molar-refractivity contribution >= 4 is 23.7 Å². The first kappa shape index (κ1) is 16.1. The maximum atomic E-state index is 11.6. The number of carboxylic acid groups (broad SMARTS) is 1. The maximum absolute atomic E-state index is 11.6. The quantitative estimate of drug-likeness (QED) is 0.265. The van der Waals surface area contributed by atoms with Crippen LogP contribution in [0.15, 0.2) is 0 Å². The molecule has 1 aliphatic carbocycles. The van der Waals surface area contributed by atoms with Crippen molar-refractivity contribution in [3.63, 3.8) is 0 Å². The Balaban J connectivity index is 2.11. The standard InChI is InChI=1S/C13H18O7/c14-10(12(16)17)8-11(15)19-6-7-20-13(18)9-4-2-1-3-5-9/h9H,1-8H2,(H,16,17)/p-1. The fourth-order valence-corrected chi connectivity index (χ4v) is 2.01. The van der Waals surface area contributed by atoms with Gasteiger partial charge in [0.25, 0.3) is 0 Å². The number of aliphatic carboxylic acids is 1. The molecule has 0 spiro atoms. The molecule has 0 atom stereocenters. The molecular formula is C13H17O7-. The number of carboxylic acids is 1. The van der Waals surface area contributed by atoms with Crippen LogP contribution in [0.25, 0.3) is 0 Å². The molecule has 1 saturated carbocycles. The lowest BCUT2D eigenvalue weighted by Gasteiger charge is -2.19. The van der Waals surface area contributed by atoms with Gasteiger partial charge in [-0.2, -0.15) is 0 Å². The monoisotopic (exact) mass is 285 g/mol. The summed E-state index contributed by atoms with van der Waals surface area (Å²) in [7, 11) is 0. The topological polar surface area (TPSA) is 110 Å². The smallest absolute Gasteiger partial charge is 0.313 e. The Morgan fingerprint density at radius 2 is 1.55 bits per heavy atom. The number of ketones is 1. The van der Waals surface area contributed by atoms with Crippen molar-refractivity contribution in [2.75, 3.05) is 13.2 Å². The molecule has 0 N–H and O–H groups in total. The van der Waals surface area contributed by atoms with Crippen LogP contribution >= 0.6 is 0 Å². The molecule has 0 unspecified atom stereocenters. The molecular weight excluding hydrogens is 268 g/mol. The molecule has 1 fully saturated rings. The summed E-state index contributed by atoms with van der Waals surface area (Å²) in [5, 5.41) is 10.1. The molecule has 0 bridgehead atoms. The zero-order valence-electron chi connectivity index (χ0n) is 11.1. The highest BCUT2D eigenvalue weighted by atomic mass is 16.6. The number of carbonyl (C=O) groups is 4. The number of hydrogen-bond acceptors (Lipinski definition) is 7. The summed E-state index contributed by atoms with van der Waals surface area (Å²) in [6, 6.07) is 0. The Kier molecular flexibility index (Phi) is 6.69. The molecule has 7 nitrogen and oxygen atoms in total. The van der Waals surface area contributed by atoms with Crippen molar-refractivity contribution in [2.45, 2.75) is 38.5 Å². The molecule has 7 heteroatoms. The van der Waals surface area contributed by atoms with E-state index in [1.54, 1.807) is 0 Å². The van der Waals surface area contributed by atoms with Crippen molar-refractivity contribution in [2.24, 2.45) is 5.92 Å². The number of Topliss-reactive ketones (excluding diaryl/α,β-unsaturated/α-hetero) is 1. The summed E-state index contributed by atoms with van der Waals surface area (Å²) >= 11 is 0. The van der Waals surface area contributed by atoms with Gasteiger partial charge in [-0.25, -0.2) is 0 Å². The molecule has 0 aromatic rings. The third kappa shape index (κ3) is 5.81. The summed E-state index contributed by atoms with van der Waals surface area (Å²) < 4.78 is 9.53. The van der Waals surface area contributed by atoms with Gasteiger partial charge >= 0.3 is 11.9 Å². The second-order valence-corrected chi connectivity index (χ2v) is 4.61. The SMILES string of the molecule is O=C(CC(=O)C(=O)[O-])OCCOC(=O)C1CCCCC1. The van der Waals surface area contributed by atoms with Crippen LogP contribution in [0.4, 0.5) is 0 Å². The maximum Gasteiger partial charge on any atom is 0.313 e. The Labute approximate surface area is 116 Å². The van der Waals surface area contributed by atoms with Crippen molar-refractivity contribution in [1.82, 2.24) is 0 Å². The molecule has 0 aromatic heterocycles. The van der Waals surface area contributed by atoms with Gasteiger partial charge in [-0.15, -0.1) is 0 Å². The van der Waals surface area contributed by atoms with Crippen LogP contribution in [0.3, 0.4) is 0 Å². The predicted octanol–water partition coefficient (Wildman–Crippen LogP) is -0.638. The van der Waals surface area contributed by atoms with Crippen LogP contribution in [0.5, 0.6) is 0 Å². The molecule has 0 saturated heterocycles. The Morgan fingerprint density at radius 1 is 0.950 bits per heavy atom. The summed E-state index contributed by atoms with van der Waals surface area (Å²) in [6.45, 7) is -0.293. The Hall–Kier alpha value is -1.92. The Bertz CT molecular complexity index is 382. The van der Waals surface area contributed by atoms with E-state index in [1.165, 1.54) is 0 Å². The average Bonchev–Trinajstić information content (AvgIpc) is 2.44. The van der Waals surface area contributed by atoms with E-state index in [9.17, 15) is 24.3 Å². The summed E-state index contributed by atoms with van der Waals surface area (Å²) in [5.74, 6) is -4.63. The molecule has 0 aromatic carbocycles. The highest BCUT2D eigenvalue weighted by Gasteiger charge is 2.22. The molecule has 20 heavy (non-hydrogen) atoms. The van der Waals surface area contributed by atoms with E-state index < -0.39 is 24.1 Å². The van der Waals surface area contributed by atoms with E-state index in [0.717, 1.165) is 32.1 Å². The largest absolute Gasteiger partial charge is 0.542 e. The van der Waals surface area contributed by atoms with Gasteiger partial charge < -0.3 is 19.4 Å². The molecule has 0 aliphatic heterocycles. The van der Waals surface area contributed by atoms with Gasteiger partial charge in [0, 0.05) is 0 Å². The van der Waals surface area contributed by atoms with Crippen LogP contribution in [0.1, 0.15) is 38.5 Å². The first-order valence-corrected chi connectivity index (χ1v) is 6.57. The van der Waals surface area contributed by atoms with E-state index in [2.05, 4.69) is 4.74 Å². The lowest BCUT2D eigenvalue weighted by molar-refractivity contribution is -0.300. The molecule has 0 radical (unpaired) electrons. The van der Waals surface area contributed by atoms with Crippen molar-refractivity contribution in [3.05, 3.63) is 0 Å². The third-order valence-corrected chi connectivity index (χ3v) is 3.06. The minimum atomic E-state index is -1.93. The summed E-state index contributed by atoms with van der Waals surface area (Å²) in [5.41, 5.74) is 0. The van der Waals surface area contributed by atoms with Crippen LogP contribution in [0, 0.1) is 5.92 Å². The Morgan fingerprint density at radius 3 is 2.15 bits per heavy atom. The van der Waals surface area contributed by atoms with Gasteiger partial charge in [-0.1, -0.05) is 19.3 Å². The minimum Gasteiger partial charge on any atom is -0.542 e. The van der Waals surface area contributed by atoms with Gasteiger partial charge in [-0.3, -0.25) is 14.4 Å². The number of ether oxygens (including phenoxy) is 2. The van der Waals surface area contributed by atoms with Crippen molar-refractivity contribution < 1.29 is 33.8 Å². The third-order valence-electron chi connectivity index (χ3n) is 3.06. The minimum absolute atomic E-state index is 0.0842. The molecule has 0 heterocycles. The van der Waals surface area contributed by atoms with Crippen LogP contribution < -0.4 is 5.11 Å². The average molecular weight is 285 g/mol. The fraction of sp³-hybridized carbons (Fsp3) is 0.692. The lowest BCUT2D eigenvalue weighted by atomic mass is 9.89. The van der Waals surface area contributed by atoms with Gasteiger partial charge in [0.1, 0.15) is 25.6 Å². The molecule has 1 rings (SSSR count). The number of hydrogen-bond donors (Lipinski definition) is 0. The normalized spacial score (nSPS) is 15.4. The number of carbonyl (C=O) groups excluding carboxylic acids is 4. The number of rotatable bonds is 7. The zero-order valence-corrected chi connectivity index (χ0v) is 11.1. The molecule has 0 amide bonds. The van der Waals surface area contributed by atoms with E-state index >= 15 is 0 Å². The highest BCUT2D eigenvalue weighted by Crippen LogP contribution is 2.24. The van der Waals surface area contributed by atoms with Gasteiger partial charge in [-0.05, 0) is 12.8 Å². The fourth-order valence-electron chi connectivity index (χ4n) is 2.01. The summed E-state index contributed by atoms with van der Waals surface area (Å²) in [4.78, 5) is 43.4. The lowest BCUT2D eigenvalue weighted by Crippen LogP contribution is -2.33. The van der Waals surface area contributed by atoms with Crippen LogP contribution in [-0.4, -0.2) is 36.9 Å². The van der Waals surface area contributed by atoms with Gasteiger partial charge in [0.05, 0.1) is 5.92 Å². The first-order chi connectivity index (χ1) is 9.50. The first-order valence-electron chi connectivity index (χ1n) is 6.57. The molecule has 1 aliphatic rings. The number of esters is 2. The van der Waals surface area contributed by atoms with E-state index in [-0.39, 0.29) is 25.1 Å². The van der Waals surface area contributed by atoms with Crippen LogP contribution in [0.2, 0.25) is 0 Å². The molecule has 112 valence electrons. The van der Waals surface area contributed by atoms with Gasteiger partial charge in [0.15, 0.2) is 5.78 Å². The van der Waals surface area contributed by atoms with E-state index in [4.69, 9.17) is 4.74 Å². The second-order valence-electron chi connectivity index (χ2n) is 4.61. The van der Waals surface area contributed by atoms with Crippen molar-refractivity contribution in [1.29, 1.82) is 0 Å². The van der Waals surface area contributed by atoms with Crippen molar-refractivity contribution in [3.8, 4) is 0 Å². The predicted molar refractivity (Wildman–Crippen MR) is 63.1 cm³/mol. The summed E-state index contributed by atoms with van der Waals surface area (Å²) in [6.07, 6.45) is 3.92. The van der Waals surface area contributed by atoms with Crippen LogP contribution in [-0.2, 0) is 28.7 Å². The zero-order chi connectivity index (χ0) is 15.0. The van der Waals surface area contributed by atoms with E-state index in [1.807, 2.05) is 0 Å². The second kappa shape index (κ2) is 8.29. The highest BCUT2D eigenvalue weighted by molar-refractivity contribution is 6.34. The van der Waals surface area contributed by atoms with Gasteiger partial charge in [0.2, 0.25) is 0 Å². The van der Waals surface area contributed by atoms with E-state index in [0.29, 0.717) is 0 Å².